The molecule has 0 aliphatic rings. The number of halogens is 1. The first-order valence-electron chi connectivity index (χ1n) is 6.78. The number of benzene rings is 2. The molecular weight excluding hydrogens is 348 g/mol. The van der Waals surface area contributed by atoms with Crippen LogP contribution in [0.3, 0.4) is 0 Å². The van der Waals surface area contributed by atoms with E-state index in [1.807, 2.05) is 18.2 Å². The fourth-order valence-electron chi connectivity index (χ4n) is 2.01. The van der Waals surface area contributed by atoms with E-state index in [9.17, 15) is 4.79 Å². The number of hydrogen-bond acceptors (Lipinski definition) is 4. The van der Waals surface area contributed by atoms with Crippen LogP contribution in [0.15, 0.2) is 46.9 Å². The third kappa shape index (κ3) is 4.01. The Labute approximate surface area is 138 Å². The van der Waals surface area contributed by atoms with Crippen LogP contribution in [-0.2, 0) is 11.2 Å². The fourth-order valence-corrected chi connectivity index (χ4v) is 2.57. The molecule has 0 saturated heterocycles. The molecule has 0 unspecified atom stereocenters. The minimum absolute atomic E-state index is 0.404. The van der Waals surface area contributed by atoms with Crippen molar-refractivity contribution in [2.75, 3.05) is 20.8 Å². The summed E-state index contributed by atoms with van der Waals surface area (Å²) in [6.45, 7) is 0.510. The average Bonchev–Trinajstić information content (AvgIpc) is 2.56. The second-order valence-electron chi connectivity index (χ2n) is 4.57. The van der Waals surface area contributed by atoms with Gasteiger partial charge in [-0.15, -0.1) is 0 Å². The standard InChI is InChI=1S/C17H17BrO4/c1-20-15-11-13(17(19)21-2)10-14(18)16(15)22-9-8-12-6-4-3-5-7-12/h3-7,10-11H,8-9H2,1-2H3. The molecule has 0 aliphatic carbocycles. The van der Waals surface area contributed by atoms with Crippen LogP contribution in [-0.4, -0.2) is 26.8 Å². The molecule has 0 saturated carbocycles. The predicted octanol–water partition coefficient (Wildman–Crippen LogP) is 3.87. The zero-order chi connectivity index (χ0) is 15.9. The van der Waals surface area contributed by atoms with Crippen LogP contribution in [0, 0.1) is 0 Å². The van der Waals surface area contributed by atoms with Crippen molar-refractivity contribution in [2.45, 2.75) is 6.42 Å². The second kappa shape index (κ2) is 7.84. The summed E-state index contributed by atoms with van der Waals surface area (Å²) in [6.07, 6.45) is 0.787. The Hall–Kier alpha value is -2.01. The molecule has 22 heavy (non-hydrogen) atoms. The molecule has 0 atom stereocenters. The smallest absolute Gasteiger partial charge is 0.338 e. The van der Waals surface area contributed by atoms with Crippen LogP contribution in [0.25, 0.3) is 0 Å². The Kier molecular flexibility index (Phi) is 5.83. The lowest BCUT2D eigenvalue weighted by Crippen LogP contribution is -2.06. The summed E-state index contributed by atoms with van der Waals surface area (Å²) >= 11 is 3.41. The number of esters is 1. The van der Waals surface area contributed by atoms with Crippen molar-refractivity contribution in [1.82, 2.24) is 0 Å². The van der Waals surface area contributed by atoms with Gasteiger partial charge in [0.1, 0.15) is 0 Å². The molecule has 4 nitrogen and oxygen atoms in total. The van der Waals surface area contributed by atoms with Crippen LogP contribution in [0.5, 0.6) is 11.5 Å². The maximum Gasteiger partial charge on any atom is 0.338 e. The molecule has 0 N–H and O–H groups in total. The first-order valence-corrected chi connectivity index (χ1v) is 7.57. The Balaban J connectivity index is 2.11. The molecule has 0 fully saturated rings. The van der Waals surface area contributed by atoms with Crippen molar-refractivity contribution in [3.8, 4) is 11.5 Å². The van der Waals surface area contributed by atoms with Crippen molar-refractivity contribution in [3.05, 3.63) is 58.1 Å². The second-order valence-corrected chi connectivity index (χ2v) is 5.42. The van der Waals surface area contributed by atoms with Gasteiger partial charge in [0.15, 0.2) is 11.5 Å². The Morgan fingerprint density at radius 2 is 1.86 bits per heavy atom. The highest BCUT2D eigenvalue weighted by atomic mass is 79.9. The van der Waals surface area contributed by atoms with Gasteiger partial charge in [-0.05, 0) is 33.6 Å². The topological polar surface area (TPSA) is 44.8 Å². The zero-order valence-electron chi connectivity index (χ0n) is 12.5. The van der Waals surface area contributed by atoms with E-state index < -0.39 is 5.97 Å². The number of ether oxygens (including phenoxy) is 3. The van der Waals surface area contributed by atoms with Gasteiger partial charge in [-0.3, -0.25) is 0 Å². The van der Waals surface area contributed by atoms with Gasteiger partial charge in [0.25, 0.3) is 0 Å². The molecule has 0 amide bonds. The van der Waals surface area contributed by atoms with Crippen LogP contribution in [0.1, 0.15) is 15.9 Å². The highest BCUT2D eigenvalue weighted by Crippen LogP contribution is 2.36. The summed E-state index contributed by atoms with van der Waals surface area (Å²) < 4.78 is 16.5. The zero-order valence-corrected chi connectivity index (χ0v) is 14.1. The summed E-state index contributed by atoms with van der Waals surface area (Å²) in [6, 6.07) is 13.3. The summed E-state index contributed by atoms with van der Waals surface area (Å²) in [5.41, 5.74) is 1.60. The van der Waals surface area contributed by atoms with E-state index in [0.717, 1.165) is 6.42 Å². The molecule has 0 radical (unpaired) electrons. The molecule has 0 heterocycles. The van der Waals surface area contributed by atoms with E-state index in [0.29, 0.717) is 28.1 Å². The monoisotopic (exact) mass is 364 g/mol. The Bertz CT molecular complexity index is 641. The quantitative estimate of drug-likeness (QED) is 0.730. The van der Waals surface area contributed by atoms with Crippen molar-refractivity contribution < 1.29 is 19.0 Å². The van der Waals surface area contributed by atoms with Crippen LogP contribution in [0.2, 0.25) is 0 Å². The lowest BCUT2D eigenvalue weighted by Gasteiger charge is -2.14. The maximum absolute atomic E-state index is 11.6. The molecular formula is C17H17BrO4. The Morgan fingerprint density at radius 1 is 1.14 bits per heavy atom. The van der Waals surface area contributed by atoms with Gasteiger partial charge in [-0.2, -0.15) is 0 Å². The van der Waals surface area contributed by atoms with Crippen molar-refractivity contribution in [1.29, 1.82) is 0 Å². The van der Waals surface area contributed by atoms with Gasteiger partial charge < -0.3 is 14.2 Å². The fraction of sp³-hybridized carbons (Fsp3) is 0.235. The molecule has 5 heteroatoms. The minimum Gasteiger partial charge on any atom is -0.493 e. The van der Waals surface area contributed by atoms with Crippen LogP contribution in [0.4, 0.5) is 0 Å². The van der Waals surface area contributed by atoms with Crippen LogP contribution < -0.4 is 9.47 Å². The predicted molar refractivity (Wildman–Crippen MR) is 87.7 cm³/mol. The van der Waals surface area contributed by atoms with Crippen molar-refractivity contribution in [2.24, 2.45) is 0 Å². The minimum atomic E-state index is -0.421. The van der Waals surface area contributed by atoms with E-state index in [2.05, 4.69) is 28.1 Å². The lowest BCUT2D eigenvalue weighted by molar-refractivity contribution is 0.0600. The molecule has 0 spiro atoms. The average molecular weight is 365 g/mol. The highest BCUT2D eigenvalue weighted by molar-refractivity contribution is 9.10. The first-order chi connectivity index (χ1) is 10.7. The maximum atomic E-state index is 11.6. The van der Waals surface area contributed by atoms with Gasteiger partial charge in [0.2, 0.25) is 0 Å². The molecule has 2 aromatic carbocycles. The van der Waals surface area contributed by atoms with E-state index in [4.69, 9.17) is 14.2 Å². The molecule has 2 rings (SSSR count). The molecule has 0 bridgehead atoms. The normalized spacial score (nSPS) is 10.1. The van der Waals surface area contributed by atoms with E-state index in [-0.39, 0.29) is 0 Å². The van der Waals surface area contributed by atoms with E-state index in [1.54, 1.807) is 12.1 Å². The summed E-state index contributed by atoms with van der Waals surface area (Å²) in [7, 11) is 2.87. The number of carbonyl (C=O) groups excluding carboxylic acids is 1. The van der Waals surface area contributed by atoms with Gasteiger partial charge in [0.05, 0.1) is 30.9 Å². The number of methoxy groups -OCH3 is 2. The van der Waals surface area contributed by atoms with E-state index >= 15 is 0 Å². The summed E-state index contributed by atoms with van der Waals surface area (Å²) in [5, 5.41) is 0. The van der Waals surface area contributed by atoms with Gasteiger partial charge in [0, 0.05) is 6.42 Å². The molecule has 0 aromatic heterocycles. The summed E-state index contributed by atoms with van der Waals surface area (Å²) in [4.78, 5) is 11.6. The molecule has 2 aromatic rings. The lowest BCUT2D eigenvalue weighted by atomic mass is 10.2. The van der Waals surface area contributed by atoms with Crippen LogP contribution >= 0.6 is 15.9 Å². The summed E-state index contributed by atoms with van der Waals surface area (Å²) in [5.74, 6) is 0.642. The molecule has 0 aliphatic heterocycles. The SMILES string of the molecule is COC(=O)c1cc(Br)c(OCCc2ccccc2)c(OC)c1. The van der Waals surface area contributed by atoms with E-state index in [1.165, 1.54) is 19.8 Å². The highest BCUT2D eigenvalue weighted by Gasteiger charge is 2.15. The third-order valence-electron chi connectivity index (χ3n) is 3.13. The first kappa shape index (κ1) is 16.4. The van der Waals surface area contributed by atoms with Crippen molar-refractivity contribution in [3.63, 3.8) is 0 Å². The van der Waals surface area contributed by atoms with Crippen molar-refractivity contribution >= 4 is 21.9 Å². The van der Waals surface area contributed by atoms with Gasteiger partial charge in [-0.25, -0.2) is 4.79 Å². The van der Waals surface area contributed by atoms with Gasteiger partial charge >= 0.3 is 5.97 Å². The molecule has 116 valence electrons. The number of hydrogen-bond donors (Lipinski definition) is 0. The number of rotatable bonds is 6. The third-order valence-corrected chi connectivity index (χ3v) is 3.72. The van der Waals surface area contributed by atoms with Gasteiger partial charge in [-0.1, -0.05) is 30.3 Å². The Morgan fingerprint density at radius 3 is 2.50 bits per heavy atom. The number of carbonyl (C=O) groups is 1. The largest absolute Gasteiger partial charge is 0.493 e.